The van der Waals surface area contributed by atoms with Crippen LogP contribution < -0.4 is 11.0 Å². The van der Waals surface area contributed by atoms with Crippen molar-refractivity contribution in [2.24, 2.45) is 0 Å². The van der Waals surface area contributed by atoms with E-state index in [1.165, 1.54) is 0 Å². The highest BCUT2D eigenvalue weighted by Crippen LogP contribution is 2.26. The van der Waals surface area contributed by atoms with E-state index in [-0.39, 0.29) is 12.3 Å². The molecule has 2 aromatic heterocycles. The van der Waals surface area contributed by atoms with Gasteiger partial charge in [0.2, 0.25) is 0 Å². The largest absolute Gasteiger partial charge is 0.394 e. The summed E-state index contributed by atoms with van der Waals surface area (Å²) in [6.07, 6.45) is 3.64. The standard InChI is InChI=1S/C13H14BrN5O2/c14-9-3-11-12(18-13(21)17-11)4-10(9)15-5-8-6-16-19(7-8)1-2-20/h3-4,6-7,15,20H,1-2,5H2,(H2,17,18,21). The predicted octanol–water partition coefficient (Wildman–Crippen LogP) is 1.42. The summed E-state index contributed by atoms with van der Waals surface area (Å²) in [5.41, 5.74) is 3.18. The molecule has 0 saturated heterocycles. The zero-order valence-electron chi connectivity index (χ0n) is 11.1. The minimum Gasteiger partial charge on any atom is -0.394 e. The van der Waals surface area contributed by atoms with Crippen molar-refractivity contribution in [3.8, 4) is 0 Å². The molecule has 3 aromatic rings. The van der Waals surface area contributed by atoms with Gasteiger partial charge >= 0.3 is 5.69 Å². The molecule has 0 spiro atoms. The molecule has 0 amide bonds. The maximum absolute atomic E-state index is 11.3. The van der Waals surface area contributed by atoms with E-state index in [0.717, 1.165) is 26.8 Å². The first kappa shape index (κ1) is 13.9. The van der Waals surface area contributed by atoms with E-state index < -0.39 is 0 Å². The van der Waals surface area contributed by atoms with Gasteiger partial charge in [-0.3, -0.25) is 4.68 Å². The molecular formula is C13H14BrN5O2. The van der Waals surface area contributed by atoms with Gasteiger partial charge in [0.15, 0.2) is 0 Å². The number of hydrogen-bond donors (Lipinski definition) is 4. The van der Waals surface area contributed by atoms with Crippen LogP contribution in [0.15, 0.2) is 33.8 Å². The summed E-state index contributed by atoms with van der Waals surface area (Å²) in [6, 6.07) is 3.72. The summed E-state index contributed by atoms with van der Waals surface area (Å²) in [6.45, 7) is 1.15. The molecule has 1 aromatic carbocycles. The Bertz CT molecular complexity index is 819. The molecule has 0 aliphatic heterocycles. The molecule has 7 nitrogen and oxygen atoms in total. The van der Waals surface area contributed by atoms with Crippen molar-refractivity contribution in [1.29, 1.82) is 0 Å². The Hall–Kier alpha value is -2.06. The van der Waals surface area contributed by atoms with E-state index >= 15 is 0 Å². The van der Waals surface area contributed by atoms with E-state index in [9.17, 15) is 4.79 Å². The molecular weight excluding hydrogens is 338 g/mol. The van der Waals surface area contributed by atoms with Crippen LogP contribution in [0.4, 0.5) is 5.69 Å². The van der Waals surface area contributed by atoms with Crippen LogP contribution in [-0.2, 0) is 13.1 Å². The van der Waals surface area contributed by atoms with Crippen LogP contribution in [0, 0.1) is 0 Å². The van der Waals surface area contributed by atoms with Crippen LogP contribution in [-0.4, -0.2) is 31.5 Å². The van der Waals surface area contributed by atoms with Gasteiger partial charge in [-0.1, -0.05) is 0 Å². The topological polar surface area (TPSA) is 98.7 Å². The third kappa shape index (κ3) is 3.01. The van der Waals surface area contributed by atoms with Crippen LogP contribution in [0.2, 0.25) is 0 Å². The van der Waals surface area contributed by atoms with Gasteiger partial charge in [-0.2, -0.15) is 5.10 Å². The molecule has 0 radical (unpaired) electrons. The fraction of sp³-hybridized carbons (Fsp3) is 0.231. The monoisotopic (exact) mass is 351 g/mol. The van der Waals surface area contributed by atoms with Gasteiger partial charge in [0, 0.05) is 22.8 Å². The Labute approximate surface area is 128 Å². The predicted molar refractivity (Wildman–Crippen MR) is 83.3 cm³/mol. The summed E-state index contributed by atoms with van der Waals surface area (Å²) in [5, 5.41) is 16.3. The number of aliphatic hydroxyl groups excluding tert-OH is 1. The third-order valence-corrected chi connectivity index (χ3v) is 3.76. The number of aromatic amines is 2. The summed E-state index contributed by atoms with van der Waals surface area (Å²) in [5.74, 6) is 0. The van der Waals surface area contributed by atoms with Gasteiger partial charge in [0.05, 0.1) is 36.1 Å². The fourth-order valence-electron chi connectivity index (χ4n) is 2.11. The molecule has 21 heavy (non-hydrogen) atoms. The van der Waals surface area contributed by atoms with Crippen LogP contribution in [0.25, 0.3) is 11.0 Å². The number of aromatic nitrogens is 4. The molecule has 0 aliphatic rings. The molecule has 2 heterocycles. The first-order valence-electron chi connectivity index (χ1n) is 6.43. The number of halogens is 1. The second kappa shape index (κ2) is 5.74. The van der Waals surface area contributed by atoms with Crippen LogP contribution >= 0.6 is 15.9 Å². The van der Waals surface area contributed by atoms with Crippen molar-refractivity contribution in [1.82, 2.24) is 19.7 Å². The Kier molecular flexibility index (Phi) is 3.80. The lowest BCUT2D eigenvalue weighted by molar-refractivity contribution is 0.269. The zero-order chi connectivity index (χ0) is 14.8. The first-order valence-corrected chi connectivity index (χ1v) is 7.22. The van der Waals surface area contributed by atoms with Crippen molar-refractivity contribution in [3.63, 3.8) is 0 Å². The van der Waals surface area contributed by atoms with Crippen LogP contribution in [0.1, 0.15) is 5.56 Å². The maximum atomic E-state index is 11.3. The Morgan fingerprint density at radius 2 is 2.10 bits per heavy atom. The Morgan fingerprint density at radius 3 is 2.86 bits per heavy atom. The number of rotatable bonds is 5. The number of H-pyrrole nitrogens is 2. The molecule has 0 atom stereocenters. The molecule has 3 rings (SSSR count). The normalized spacial score (nSPS) is 11.1. The van der Waals surface area contributed by atoms with Crippen molar-refractivity contribution in [3.05, 3.63) is 45.0 Å². The number of aliphatic hydroxyl groups is 1. The lowest BCUT2D eigenvalue weighted by Gasteiger charge is -2.07. The van der Waals surface area contributed by atoms with E-state index in [2.05, 4.69) is 36.3 Å². The molecule has 0 aliphatic carbocycles. The molecule has 8 heteroatoms. The van der Waals surface area contributed by atoms with Gasteiger partial charge in [-0.25, -0.2) is 4.79 Å². The van der Waals surface area contributed by atoms with Crippen molar-refractivity contribution < 1.29 is 5.11 Å². The molecule has 0 saturated carbocycles. The average molecular weight is 352 g/mol. The summed E-state index contributed by atoms with van der Waals surface area (Å²) in [7, 11) is 0. The highest BCUT2D eigenvalue weighted by molar-refractivity contribution is 9.10. The Morgan fingerprint density at radius 1 is 1.33 bits per heavy atom. The summed E-state index contributed by atoms with van der Waals surface area (Å²) >= 11 is 3.48. The van der Waals surface area contributed by atoms with Crippen molar-refractivity contribution in [2.45, 2.75) is 13.1 Å². The quantitative estimate of drug-likeness (QED) is 0.558. The number of fused-ring (bicyclic) bond motifs is 1. The molecule has 0 bridgehead atoms. The zero-order valence-corrected chi connectivity index (χ0v) is 12.6. The fourth-order valence-corrected chi connectivity index (χ4v) is 2.59. The minimum absolute atomic E-state index is 0.0671. The number of nitrogens with one attached hydrogen (secondary N) is 3. The molecule has 0 fully saturated rings. The van der Waals surface area contributed by atoms with E-state index in [4.69, 9.17) is 5.11 Å². The third-order valence-electron chi connectivity index (χ3n) is 3.10. The highest BCUT2D eigenvalue weighted by Gasteiger charge is 2.06. The minimum atomic E-state index is -0.223. The number of hydrogen-bond acceptors (Lipinski definition) is 4. The van der Waals surface area contributed by atoms with Crippen molar-refractivity contribution >= 4 is 32.7 Å². The van der Waals surface area contributed by atoms with Crippen LogP contribution in [0.5, 0.6) is 0 Å². The summed E-state index contributed by atoms with van der Waals surface area (Å²) in [4.78, 5) is 16.7. The Balaban J connectivity index is 1.77. The second-order valence-electron chi connectivity index (χ2n) is 4.65. The van der Waals surface area contributed by atoms with Gasteiger partial charge < -0.3 is 20.4 Å². The lowest BCUT2D eigenvalue weighted by Crippen LogP contribution is -2.02. The van der Waals surface area contributed by atoms with Gasteiger partial charge in [-0.15, -0.1) is 0 Å². The number of nitrogens with zero attached hydrogens (tertiary/aromatic N) is 2. The van der Waals surface area contributed by atoms with E-state index in [1.807, 2.05) is 18.3 Å². The highest BCUT2D eigenvalue weighted by atomic mass is 79.9. The summed E-state index contributed by atoms with van der Waals surface area (Å²) < 4.78 is 2.56. The number of benzene rings is 1. The SMILES string of the molecule is O=c1[nH]c2cc(Br)c(NCc3cnn(CCO)c3)cc2[nH]1. The van der Waals surface area contributed by atoms with E-state index in [1.54, 1.807) is 10.9 Å². The van der Waals surface area contributed by atoms with Crippen LogP contribution in [0.3, 0.4) is 0 Å². The van der Waals surface area contributed by atoms with Gasteiger partial charge in [0.25, 0.3) is 0 Å². The van der Waals surface area contributed by atoms with Crippen molar-refractivity contribution in [2.75, 3.05) is 11.9 Å². The average Bonchev–Trinajstić information content (AvgIpc) is 3.02. The first-order chi connectivity index (χ1) is 10.2. The smallest absolute Gasteiger partial charge is 0.323 e. The number of imidazole rings is 1. The maximum Gasteiger partial charge on any atom is 0.323 e. The molecule has 4 N–H and O–H groups in total. The lowest BCUT2D eigenvalue weighted by atomic mass is 10.2. The van der Waals surface area contributed by atoms with Gasteiger partial charge in [0.1, 0.15) is 0 Å². The molecule has 110 valence electrons. The number of anilines is 1. The van der Waals surface area contributed by atoms with Gasteiger partial charge in [-0.05, 0) is 28.1 Å². The van der Waals surface area contributed by atoms with E-state index in [0.29, 0.717) is 13.1 Å². The molecule has 0 unspecified atom stereocenters. The second-order valence-corrected chi connectivity index (χ2v) is 5.50.